The van der Waals surface area contributed by atoms with Gasteiger partial charge in [0.05, 0.1) is 12.2 Å². The van der Waals surface area contributed by atoms with E-state index in [2.05, 4.69) is 0 Å². The Hall–Kier alpha value is -1.82. The smallest absolute Gasteiger partial charge is 0.371 e. The van der Waals surface area contributed by atoms with Gasteiger partial charge in [-0.05, 0) is 26.0 Å². The monoisotopic (exact) mass is 253 g/mol. The number of carboxylic acid groups (broad SMARTS) is 1. The molecule has 1 saturated heterocycles. The van der Waals surface area contributed by atoms with E-state index in [0.29, 0.717) is 19.7 Å². The number of carbonyl (C=O) groups excluding carboxylic acids is 1. The number of furan rings is 1. The minimum Gasteiger partial charge on any atom is -0.475 e. The third-order valence-electron chi connectivity index (χ3n) is 2.74. The molecule has 0 saturated carbocycles. The van der Waals surface area contributed by atoms with Crippen LogP contribution >= 0.6 is 0 Å². The summed E-state index contributed by atoms with van der Waals surface area (Å²) in [6.45, 7) is 5.19. The van der Waals surface area contributed by atoms with Crippen molar-refractivity contribution >= 4 is 11.9 Å². The van der Waals surface area contributed by atoms with E-state index in [9.17, 15) is 9.59 Å². The lowest BCUT2D eigenvalue weighted by Gasteiger charge is -2.37. The second-order valence-corrected chi connectivity index (χ2v) is 4.80. The van der Waals surface area contributed by atoms with Gasteiger partial charge in [-0.25, -0.2) is 4.79 Å². The largest absolute Gasteiger partial charge is 0.475 e. The van der Waals surface area contributed by atoms with Crippen molar-refractivity contribution < 1.29 is 23.8 Å². The maximum atomic E-state index is 12.1. The number of aromatic carboxylic acids is 1. The highest BCUT2D eigenvalue weighted by Crippen LogP contribution is 2.19. The highest BCUT2D eigenvalue weighted by atomic mass is 16.5. The molecule has 2 heterocycles. The van der Waals surface area contributed by atoms with Crippen LogP contribution in [0.3, 0.4) is 0 Å². The van der Waals surface area contributed by atoms with E-state index >= 15 is 0 Å². The van der Waals surface area contributed by atoms with E-state index < -0.39 is 11.6 Å². The average Bonchev–Trinajstić information content (AvgIpc) is 2.76. The van der Waals surface area contributed by atoms with Crippen molar-refractivity contribution in [2.75, 3.05) is 19.7 Å². The Morgan fingerprint density at radius 3 is 2.56 bits per heavy atom. The first kappa shape index (κ1) is 12.6. The lowest BCUT2D eigenvalue weighted by atomic mass is 10.1. The summed E-state index contributed by atoms with van der Waals surface area (Å²) in [7, 11) is 0. The zero-order chi connectivity index (χ0) is 13.3. The quantitative estimate of drug-likeness (QED) is 0.857. The first-order valence-electron chi connectivity index (χ1n) is 5.65. The number of nitrogens with zero attached hydrogens (tertiary/aromatic N) is 1. The predicted octanol–water partition coefficient (Wildman–Crippen LogP) is 1.23. The van der Waals surface area contributed by atoms with Crippen LogP contribution in [0.5, 0.6) is 0 Å². The Kier molecular flexibility index (Phi) is 3.13. The fourth-order valence-electron chi connectivity index (χ4n) is 1.91. The highest BCUT2D eigenvalue weighted by molar-refractivity contribution is 5.93. The summed E-state index contributed by atoms with van der Waals surface area (Å²) in [6.07, 6.45) is 0. The topological polar surface area (TPSA) is 80.0 Å². The van der Waals surface area contributed by atoms with E-state index in [4.69, 9.17) is 14.3 Å². The highest BCUT2D eigenvalue weighted by Gasteiger charge is 2.31. The first-order valence-corrected chi connectivity index (χ1v) is 5.65. The Balaban J connectivity index is 2.13. The van der Waals surface area contributed by atoms with E-state index in [1.54, 1.807) is 4.90 Å². The average molecular weight is 253 g/mol. The fraction of sp³-hybridized carbons (Fsp3) is 0.500. The molecule has 1 aromatic rings. The van der Waals surface area contributed by atoms with Crippen LogP contribution in [0.25, 0.3) is 0 Å². The maximum Gasteiger partial charge on any atom is 0.371 e. The molecule has 6 heteroatoms. The van der Waals surface area contributed by atoms with Gasteiger partial charge in [0.1, 0.15) is 0 Å². The molecular weight excluding hydrogens is 238 g/mol. The molecule has 0 aliphatic carbocycles. The molecular formula is C12H15NO5. The van der Waals surface area contributed by atoms with Crippen LogP contribution < -0.4 is 0 Å². The molecule has 0 atom stereocenters. The van der Waals surface area contributed by atoms with Gasteiger partial charge in [0.15, 0.2) is 5.76 Å². The lowest BCUT2D eigenvalue weighted by Crippen LogP contribution is -2.50. The zero-order valence-corrected chi connectivity index (χ0v) is 10.3. The summed E-state index contributed by atoms with van der Waals surface area (Å²) in [4.78, 5) is 24.4. The van der Waals surface area contributed by atoms with Crippen molar-refractivity contribution in [2.24, 2.45) is 0 Å². The van der Waals surface area contributed by atoms with Crippen molar-refractivity contribution in [2.45, 2.75) is 19.4 Å². The Bertz CT molecular complexity index is 477. The standard InChI is InChI=1S/C12H15NO5/c1-12(2)7-13(5-6-17-12)10(14)8-3-4-9(18-8)11(15)16/h3-4H,5-7H2,1-2H3,(H,15,16). The zero-order valence-electron chi connectivity index (χ0n) is 10.3. The Morgan fingerprint density at radius 1 is 1.33 bits per heavy atom. The normalized spacial score (nSPS) is 18.7. The van der Waals surface area contributed by atoms with Gasteiger partial charge in [0.2, 0.25) is 5.76 Å². The number of carboxylic acids is 1. The number of morpholine rings is 1. The van der Waals surface area contributed by atoms with Crippen LogP contribution in [0.1, 0.15) is 35.0 Å². The lowest BCUT2D eigenvalue weighted by molar-refractivity contribution is -0.0769. The molecule has 6 nitrogen and oxygen atoms in total. The van der Waals surface area contributed by atoms with Crippen molar-refractivity contribution in [3.8, 4) is 0 Å². The Morgan fingerprint density at radius 2 is 2.00 bits per heavy atom. The van der Waals surface area contributed by atoms with Crippen LogP contribution in [-0.4, -0.2) is 47.2 Å². The number of carbonyl (C=O) groups is 2. The molecule has 1 fully saturated rings. The summed E-state index contributed by atoms with van der Waals surface area (Å²) in [5, 5.41) is 8.73. The van der Waals surface area contributed by atoms with Gasteiger partial charge in [-0.15, -0.1) is 0 Å². The molecule has 1 aromatic heterocycles. The van der Waals surface area contributed by atoms with Gasteiger partial charge in [-0.1, -0.05) is 0 Å². The van der Waals surface area contributed by atoms with Crippen LogP contribution in [0.15, 0.2) is 16.5 Å². The van der Waals surface area contributed by atoms with Gasteiger partial charge in [-0.3, -0.25) is 4.79 Å². The van der Waals surface area contributed by atoms with Gasteiger partial charge in [-0.2, -0.15) is 0 Å². The van der Waals surface area contributed by atoms with Crippen molar-refractivity contribution in [3.05, 3.63) is 23.7 Å². The summed E-state index contributed by atoms with van der Waals surface area (Å²) in [6, 6.07) is 2.66. The molecule has 1 amide bonds. The van der Waals surface area contributed by atoms with Gasteiger partial charge < -0.3 is 19.2 Å². The third-order valence-corrected chi connectivity index (χ3v) is 2.74. The van der Waals surface area contributed by atoms with E-state index in [1.807, 2.05) is 13.8 Å². The first-order chi connectivity index (χ1) is 8.39. The second-order valence-electron chi connectivity index (χ2n) is 4.80. The van der Waals surface area contributed by atoms with E-state index in [1.165, 1.54) is 12.1 Å². The molecule has 0 radical (unpaired) electrons. The van der Waals surface area contributed by atoms with Gasteiger partial charge >= 0.3 is 5.97 Å². The third kappa shape index (κ3) is 2.53. The second kappa shape index (κ2) is 4.45. The van der Waals surface area contributed by atoms with Gasteiger partial charge in [0.25, 0.3) is 5.91 Å². The number of hydrogen-bond donors (Lipinski definition) is 1. The van der Waals surface area contributed by atoms with E-state index in [0.717, 1.165) is 0 Å². The molecule has 98 valence electrons. The maximum absolute atomic E-state index is 12.1. The number of amides is 1. The molecule has 1 N–H and O–H groups in total. The number of rotatable bonds is 2. The molecule has 18 heavy (non-hydrogen) atoms. The summed E-state index contributed by atoms with van der Waals surface area (Å²) in [5.74, 6) is -1.67. The van der Waals surface area contributed by atoms with Crippen molar-refractivity contribution in [1.29, 1.82) is 0 Å². The van der Waals surface area contributed by atoms with Crippen molar-refractivity contribution in [1.82, 2.24) is 4.90 Å². The molecule has 2 rings (SSSR count). The molecule has 1 aliphatic rings. The molecule has 0 unspecified atom stereocenters. The molecule has 0 bridgehead atoms. The van der Waals surface area contributed by atoms with E-state index in [-0.39, 0.29) is 17.4 Å². The van der Waals surface area contributed by atoms with Crippen LogP contribution in [0, 0.1) is 0 Å². The summed E-state index contributed by atoms with van der Waals surface area (Å²) < 4.78 is 10.5. The molecule has 0 spiro atoms. The van der Waals surface area contributed by atoms with Gasteiger partial charge in [0, 0.05) is 13.1 Å². The SMILES string of the molecule is CC1(C)CN(C(=O)c2ccc(C(=O)O)o2)CCO1. The molecule has 0 aromatic carbocycles. The van der Waals surface area contributed by atoms with Crippen molar-refractivity contribution in [3.63, 3.8) is 0 Å². The summed E-state index contributed by atoms with van der Waals surface area (Å²) in [5.41, 5.74) is -0.393. The van der Waals surface area contributed by atoms with Crippen LogP contribution in [-0.2, 0) is 4.74 Å². The van der Waals surface area contributed by atoms with Crippen LogP contribution in [0.4, 0.5) is 0 Å². The Labute approximate surface area is 104 Å². The minimum atomic E-state index is -1.18. The van der Waals surface area contributed by atoms with Crippen LogP contribution in [0.2, 0.25) is 0 Å². The minimum absolute atomic E-state index is 0.0464. The number of hydrogen-bond acceptors (Lipinski definition) is 4. The summed E-state index contributed by atoms with van der Waals surface area (Å²) >= 11 is 0. The fourth-order valence-corrected chi connectivity index (χ4v) is 1.91. The number of ether oxygens (including phenoxy) is 1. The molecule has 1 aliphatic heterocycles. The predicted molar refractivity (Wildman–Crippen MR) is 61.6 cm³/mol.